The van der Waals surface area contributed by atoms with Crippen LogP contribution in [0.2, 0.25) is 0 Å². The highest BCUT2D eigenvalue weighted by molar-refractivity contribution is 5.88. The summed E-state index contributed by atoms with van der Waals surface area (Å²) < 4.78 is 5.05. The molecule has 0 saturated carbocycles. The molecule has 0 aromatic heterocycles. The first kappa shape index (κ1) is 15.5. The van der Waals surface area contributed by atoms with Crippen molar-refractivity contribution in [2.45, 2.75) is 45.3 Å². The van der Waals surface area contributed by atoms with E-state index in [-0.39, 0.29) is 11.9 Å². The highest BCUT2D eigenvalue weighted by atomic mass is 16.5. The van der Waals surface area contributed by atoms with Crippen LogP contribution in [0.4, 0.5) is 0 Å². The Morgan fingerprint density at radius 3 is 2.43 bits per heavy atom. The van der Waals surface area contributed by atoms with Gasteiger partial charge in [0, 0.05) is 6.54 Å². The lowest BCUT2D eigenvalue weighted by atomic mass is 9.72. The van der Waals surface area contributed by atoms with Crippen molar-refractivity contribution >= 4 is 12.3 Å². The minimum absolute atomic E-state index is 0.0528. The number of hydrogen-bond acceptors (Lipinski definition) is 4. The third kappa shape index (κ3) is 2.33. The number of esters is 1. The average Bonchev–Trinajstić information content (AvgIpc) is 2.72. The number of carbonyl (C=O) groups excluding carboxylic acids is 1. The lowest BCUT2D eigenvalue weighted by Crippen LogP contribution is -2.61. The molecule has 2 rings (SSSR count). The molecule has 0 radical (unpaired) electrons. The topological polar surface area (TPSA) is 41.9 Å². The molecule has 1 atom stereocenters. The summed E-state index contributed by atoms with van der Waals surface area (Å²) in [7, 11) is 1.43. The second-order valence-electron chi connectivity index (χ2n) is 6.33. The van der Waals surface area contributed by atoms with Gasteiger partial charge in [-0.1, -0.05) is 44.2 Å². The van der Waals surface area contributed by atoms with Gasteiger partial charge in [0.25, 0.3) is 0 Å². The Morgan fingerprint density at radius 2 is 1.90 bits per heavy atom. The van der Waals surface area contributed by atoms with Crippen LogP contribution < -0.4 is 0 Å². The van der Waals surface area contributed by atoms with Crippen molar-refractivity contribution in [3.63, 3.8) is 0 Å². The molecular formula is C17H24N2O2. The van der Waals surface area contributed by atoms with Gasteiger partial charge in [0.05, 0.1) is 19.0 Å². The number of aliphatic imine (C=N–C) groups is 1. The molecule has 1 aliphatic heterocycles. The van der Waals surface area contributed by atoms with Crippen LogP contribution in [0.3, 0.4) is 0 Å². The van der Waals surface area contributed by atoms with Crippen LogP contribution >= 0.6 is 0 Å². The molecule has 1 aromatic rings. The predicted molar refractivity (Wildman–Crippen MR) is 84.1 cm³/mol. The zero-order chi connectivity index (χ0) is 15.7. The Kier molecular flexibility index (Phi) is 4.08. The standard InChI is InChI=1S/C17H24N2O2/c1-13(2)17(15(20)21-5)16(3,4)19(12-18-17)11-14-9-7-6-8-10-14/h6-10,12-13H,11H2,1-5H3. The number of hydrogen-bond donors (Lipinski definition) is 0. The fourth-order valence-electron chi connectivity index (χ4n) is 3.25. The van der Waals surface area contributed by atoms with Gasteiger partial charge in [-0.15, -0.1) is 0 Å². The molecule has 0 bridgehead atoms. The third-order valence-electron chi connectivity index (χ3n) is 4.58. The summed E-state index contributed by atoms with van der Waals surface area (Å²) >= 11 is 0. The number of carbonyl (C=O) groups is 1. The monoisotopic (exact) mass is 288 g/mol. The van der Waals surface area contributed by atoms with Gasteiger partial charge in [-0.25, -0.2) is 4.79 Å². The van der Waals surface area contributed by atoms with Crippen LogP contribution in [-0.2, 0) is 16.1 Å². The maximum atomic E-state index is 12.4. The van der Waals surface area contributed by atoms with E-state index in [9.17, 15) is 4.79 Å². The SMILES string of the molecule is COC(=O)C1(C(C)C)N=CN(Cc2ccccc2)C1(C)C. The van der Waals surface area contributed by atoms with Crippen molar-refractivity contribution in [3.8, 4) is 0 Å². The maximum Gasteiger partial charge on any atom is 0.336 e. The fraction of sp³-hybridized carbons (Fsp3) is 0.529. The number of methoxy groups -OCH3 is 1. The van der Waals surface area contributed by atoms with Gasteiger partial charge in [-0.2, -0.15) is 0 Å². The Labute approximate surface area is 126 Å². The van der Waals surface area contributed by atoms with Crippen molar-refractivity contribution in [1.82, 2.24) is 4.90 Å². The molecule has 21 heavy (non-hydrogen) atoms. The van der Waals surface area contributed by atoms with Gasteiger partial charge >= 0.3 is 5.97 Å². The predicted octanol–water partition coefficient (Wildman–Crippen LogP) is 2.88. The van der Waals surface area contributed by atoms with Crippen LogP contribution in [0.5, 0.6) is 0 Å². The maximum absolute atomic E-state index is 12.4. The first-order chi connectivity index (χ1) is 9.86. The van der Waals surface area contributed by atoms with Gasteiger partial charge in [0.2, 0.25) is 0 Å². The van der Waals surface area contributed by atoms with Gasteiger partial charge in [-0.3, -0.25) is 4.99 Å². The van der Waals surface area contributed by atoms with Crippen molar-refractivity contribution in [2.24, 2.45) is 10.9 Å². The van der Waals surface area contributed by atoms with Gasteiger partial charge < -0.3 is 9.64 Å². The van der Waals surface area contributed by atoms with Crippen LogP contribution in [0, 0.1) is 5.92 Å². The van der Waals surface area contributed by atoms with E-state index in [1.54, 1.807) is 6.34 Å². The second kappa shape index (κ2) is 5.51. The van der Waals surface area contributed by atoms with Crippen LogP contribution in [0.1, 0.15) is 33.3 Å². The number of nitrogens with zero attached hydrogens (tertiary/aromatic N) is 2. The number of rotatable bonds is 4. The summed E-state index contributed by atoms with van der Waals surface area (Å²) in [5.74, 6) is -0.216. The molecule has 1 heterocycles. The molecule has 0 spiro atoms. The molecule has 114 valence electrons. The Morgan fingerprint density at radius 1 is 1.29 bits per heavy atom. The number of ether oxygens (including phenoxy) is 1. The van der Waals surface area contributed by atoms with E-state index in [0.29, 0.717) is 0 Å². The molecule has 1 aromatic carbocycles. The van der Waals surface area contributed by atoms with E-state index in [1.165, 1.54) is 12.7 Å². The quantitative estimate of drug-likeness (QED) is 0.800. The van der Waals surface area contributed by atoms with E-state index in [1.807, 2.05) is 32.0 Å². The zero-order valence-electron chi connectivity index (χ0n) is 13.5. The largest absolute Gasteiger partial charge is 0.467 e. The average molecular weight is 288 g/mol. The van der Waals surface area contributed by atoms with E-state index in [4.69, 9.17) is 4.74 Å². The van der Waals surface area contributed by atoms with Crippen LogP contribution in [0.15, 0.2) is 35.3 Å². The zero-order valence-corrected chi connectivity index (χ0v) is 13.5. The molecule has 0 aliphatic carbocycles. The van der Waals surface area contributed by atoms with Crippen LogP contribution in [-0.4, -0.2) is 35.4 Å². The van der Waals surface area contributed by atoms with Gasteiger partial charge in [0.15, 0.2) is 5.54 Å². The lowest BCUT2D eigenvalue weighted by molar-refractivity contribution is -0.153. The minimum atomic E-state index is -0.865. The Balaban J connectivity index is 2.34. The van der Waals surface area contributed by atoms with E-state index in [0.717, 1.165) is 6.54 Å². The normalized spacial score (nSPS) is 23.6. The van der Waals surface area contributed by atoms with Gasteiger partial charge in [-0.05, 0) is 25.3 Å². The first-order valence-corrected chi connectivity index (χ1v) is 7.30. The van der Waals surface area contributed by atoms with Gasteiger partial charge in [0.1, 0.15) is 0 Å². The Bertz CT molecular complexity index is 537. The third-order valence-corrected chi connectivity index (χ3v) is 4.58. The van der Waals surface area contributed by atoms with E-state index in [2.05, 4.69) is 35.9 Å². The molecule has 1 unspecified atom stereocenters. The highest BCUT2D eigenvalue weighted by Gasteiger charge is 2.59. The minimum Gasteiger partial charge on any atom is -0.467 e. The first-order valence-electron chi connectivity index (χ1n) is 7.30. The van der Waals surface area contributed by atoms with Crippen molar-refractivity contribution in [1.29, 1.82) is 0 Å². The Hall–Kier alpha value is -1.84. The van der Waals surface area contributed by atoms with Crippen molar-refractivity contribution < 1.29 is 9.53 Å². The highest BCUT2D eigenvalue weighted by Crippen LogP contribution is 2.42. The summed E-state index contributed by atoms with van der Waals surface area (Å²) in [6.07, 6.45) is 1.80. The fourth-order valence-corrected chi connectivity index (χ4v) is 3.25. The molecule has 1 aliphatic rings. The molecule has 4 nitrogen and oxygen atoms in total. The number of benzene rings is 1. The molecule has 4 heteroatoms. The molecular weight excluding hydrogens is 264 g/mol. The van der Waals surface area contributed by atoms with E-state index < -0.39 is 11.1 Å². The molecule has 0 N–H and O–H groups in total. The summed E-state index contributed by atoms with van der Waals surface area (Å²) in [4.78, 5) is 19.1. The molecule has 0 saturated heterocycles. The summed E-state index contributed by atoms with van der Waals surface area (Å²) in [5, 5.41) is 0. The lowest BCUT2D eigenvalue weighted by Gasteiger charge is -2.44. The smallest absolute Gasteiger partial charge is 0.336 e. The second-order valence-corrected chi connectivity index (χ2v) is 6.33. The molecule has 0 fully saturated rings. The summed E-state index contributed by atoms with van der Waals surface area (Å²) in [5.41, 5.74) is -0.109. The van der Waals surface area contributed by atoms with Crippen LogP contribution in [0.25, 0.3) is 0 Å². The van der Waals surface area contributed by atoms with Crippen molar-refractivity contribution in [2.75, 3.05) is 7.11 Å². The summed E-state index contributed by atoms with van der Waals surface area (Å²) in [6, 6.07) is 10.2. The summed E-state index contributed by atoms with van der Waals surface area (Å²) in [6.45, 7) is 8.87. The molecule has 0 amide bonds. The van der Waals surface area contributed by atoms with E-state index >= 15 is 0 Å². The van der Waals surface area contributed by atoms with Crippen molar-refractivity contribution in [3.05, 3.63) is 35.9 Å².